The molecule has 0 radical (unpaired) electrons. The first kappa shape index (κ1) is 27.8. The number of benzene rings is 1. The monoisotopic (exact) mass is 515 g/mol. The fraction of sp³-hybridized carbons (Fsp3) is 0.538. The average Bonchev–Trinajstić information content (AvgIpc) is 3.47. The molecule has 2 amide bonds. The lowest BCUT2D eigenvalue weighted by molar-refractivity contribution is -0.118. The van der Waals surface area contributed by atoms with Crippen LogP contribution in [0, 0.1) is 5.92 Å². The van der Waals surface area contributed by atoms with Crippen LogP contribution in [0.25, 0.3) is 0 Å². The van der Waals surface area contributed by atoms with E-state index in [1.54, 1.807) is 12.1 Å². The number of phenols is 1. The predicted molar refractivity (Wildman–Crippen MR) is 140 cm³/mol. The summed E-state index contributed by atoms with van der Waals surface area (Å²) in [5.74, 6) is 1.09. The van der Waals surface area contributed by atoms with Gasteiger partial charge in [-0.3, -0.25) is 14.9 Å². The van der Waals surface area contributed by atoms with E-state index in [9.17, 15) is 14.7 Å². The van der Waals surface area contributed by atoms with Crippen molar-refractivity contribution in [3.63, 3.8) is 0 Å². The fourth-order valence-corrected chi connectivity index (χ4v) is 3.99. The van der Waals surface area contributed by atoms with Gasteiger partial charge < -0.3 is 30.0 Å². The molecule has 1 fully saturated rings. The third-order valence-electron chi connectivity index (χ3n) is 5.75. The van der Waals surface area contributed by atoms with Crippen LogP contribution in [-0.2, 0) is 9.53 Å². The second-order valence-electron chi connectivity index (χ2n) is 9.83. The van der Waals surface area contributed by atoms with Gasteiger partial charge in [-0.1, -0.05) is 13.8 Å². The standard InChI is InChI=1S/C26H37N5O6/c1-15(2)12-27-13-20-22(32)9-19(35-5)10-23(20)36-14-25(33)29-24-11-21(30-31-24)17-6-7-18(8-17)37-26(34)28-16(3)4/h9-11,13,15-18,32H,6-8,12,14H2,1-5H3,(H,28,34)(H2,29,30,31,33)/b27-13+/t17-,18+/m0/s1. The highest BCUT2D eigenvalue weighted by Gasteiger charge is 2.30. The Balaban J connectivity index is 1.56. The molecule has 11 nitrogen and oxygen atoms in total. The summed E-state index contributed by atoms with van der Waals surface area (Å²) in [6, 6.07) is 4.85. The molecule has 2 aromatic rings. The quantitative estimate of drug-likeness (QED) is 0.331. The molecule has 3 rings (SSSR count). The number of rotatable bonds is 11. The van der Waals surface area contributed by atoms with Crippen molar-refractivity contribution >= 4 is 24.0 Å². The largest absolute Gasteiger partial charge is 0.507 e. The molecule has 1 aromatic carbocycles. The number of aromatic hydroxyl groups is 1. The molecule has 0 spiro atoms. The lowest BCUT2D eigenvalue weighted by atomic mass is 10.0. The second-order valence-corrected chi connectivity index (χ2v) is 9.83. The Labute approximate surface area is 217 Å². The van der Waals surface area contributed by atoms with Crippen LogP contribution in [0.3, 0.4) is 0 Å². The number of amides is 2. The molecular formula is C26H37N5O6. The van der Waals surface area contributed by atoms with E-state index in [1.807, 2.05) is 27.7 Å². The van der Waals surface area contributed by atoms with Gasteiger partial charge in [0.05, 0.1) is 12.7 Å². The minimum absolute atomic E-state index is 0.0201. The molecule has 11 heteroatoms. The Hall–Kier alpha value is -3.76. The highest BCUT2D eigenvalue weighted by molar-refractivity contribution is 5.92. The van der Waals surface area contributed by atoms with Crippen LogP contribution >= 0.6 is 0 Å². The first-order valence-corrected chi connectivity index (χ1v) is 12.5. The molecule has 1 heterocycles. The maximum atomic E-state index is 12.5. The summed E-state index contributed by atoms with van der Waals surface area (Å²) in [6.45, 7) is 8.13. The number of H-pyrrole nitrogens is 1. The minimum Gasteiger partial charge on any atom is -0.507 e. The SMILES string of the molecule is COc1cc(O)c(/C=N/CC(C)C)c(OCC(=O)Nc2cc([C@H]3CC[C@@H](OC(=O)NC(C)C)C3)[nH]n2)c1. The Kier molecular flexibility index (Phi) is 9.76. The van der Waals surface area contributed by atoms with E-state index in [-0.39, 0.29) is 36.2 Å². The molecule has 1 aliphatic carbocycles. The van der Waals surface area contributed by atoms with E-state index < -0.39 is 12.0 Å². The van der Waals surface area contributed by atoms with Crippen LogP contribution in [0.1, 0.15) is 64.1 Å². The number of aromatic amines is 1. The molecule has 0 bridgehead atoms. The number of aliphatic imine (C=N–C) groups is 1. The van der Waals surface area contributed by atoms with Gasteiger partial charge in [-0.2, -0.15) is 5.10 Å². The zero-order valence-electron chi connectivity index (χ0n) is 22.0. The molecule has 4 N–H and O–H groups in total. The highest BCUT2D eigenvalue weighted by Crippen LogP contribution is 2.36. The van der Waals surface area contributed by atoms with E-state index in [0.29, 0.717) is 36.0 Å². The normalized spacial score (nSPS) is 17.4. The van der Waals surface area contributed by atoms with Crippen molar-refractivity contribution in [2.45, 2.75) is 65.0 Å². The third-order valence-corrected chi connectivity index (χ3v) is 5.75. The number of alkyl carbamates (subject to hydrolysis) is 1. The number of ether oxygens (including phenoxy) is 3. The zero-order chi connectivity index (χ0) is 26.9. The van der Waals surface area contributed by atoms with Crippen LogP contribution < -0.4 is 20.1 Å². The highest BCUT2D eigenvalue weighted by atomic mass is 16.6. The Morgan fingerprint density at radius 2 is 2.03 bits per heavy atom. The molecule has 1 saturated carbocycles. The van der Waals surface area contributed by atoms with Gasteiger partial charge in [-0.05, 0) is 39.0 Å². The van der Waals surface area contributed by atoms with Crippen LogP contribution in [-0.4, -0.2) is 65.9 Å². The summed E-state index contributed by atoms with van der Waals surface area (Å²) >= 11 is 0. The van der Waals surface area contributed by atoms with Gasteiger partial charge in [0, 0.05) is 48.6 Å². The van der Waals surface area contributed by atoms with Gasteiger partial charge in [0.25, 0.3) is 5.91 Å². The van der Waals surface area contributed by atoms with Crippen molar-refractivity contribution in [1.29, 1.82) is 0 Å². The fourth-order valence-electron chi connectivity index (χ4n) is 3.99. The maximum Gasteiger partial charge on any atom is 0.407 e. The number of anilines is 1. The van der Waals surface area contributed by atoms with Crippen molar-refractivity contribution < 1.29 is 28.9 Å². The summed E-state index contributed by atoms with van der Waals surface area (Å²) < 4.78 is 16.4. The van der Waals surface area contributed by atoms with Crippen LogP contribution in [0.2, 0.25) is 0 Å². The average molecular weight is 516 g/mol. The van der Waals surface area contributed by atoms with Gasteiger partial charge in [0.1, 0.15) is 23.4 Å². The van der Waals surface area contributed by atoms with Crippen LogP contribution in [0.4, 0.5) is 10.6 Å². The number of hydrogen-bond donors (Lipinski definition) is 4. The molecular weight excluding hydrogens is 478 g/mol. The number of hydrogen-bond acceptors (Lipinski definition) is 8. The van der Waals surface area contributed by atoms with Crippen LogP contribution in [0.5, 0.6) is 17.2 Å². The minimum atomic E-state index is -0.414. The maximum absolute atomic E-state index is 12.5. The molecule has 2 atom stereocenters. The number of nitrogens with one attached hydrogen (secondary N) is 3. The van der Waals surface area contributed by atoms with Gasteiger partial charge in [-0.25, -0.2) is 4.79 Å². The lowest BCUT2D eigenvalue weighted by Gasteiger charge is -2.14. The van der Waals surface area contributed by atoms with E-state index >= 15 is 0 Å². The molecule has 0 saturated heterocycles. The number of nitrogens with zero attached hydrogens (tertiary/aromatic N) is 2. The Morgan fingerprint density at radius 1 is 1.24 bits per heavy atom. The third kappa shape index (κ3) is 8.40. The number of carbonyl (C=O) groups is 2. The Morgan fingerprint density at radius 3 is 2.73 bits per heavy atom. The number of carbonyl (C=O) groups excluding carboxylic acids is 2. The van der Waals surface area contributed by atoms with E-state index in [2.05, 4.69) is 25.8 Å². The summed E-state index contributed by atoms with van der Waals surface area (Å²) in [5.41, 5.74) is 1.24. The summed E-state index contributed by atoms with van der Waals surface area (Å²) in [6.07, 6.45) is 3.27. The molecule has 0 unspecified atom stereocenters. The number of aromatic nitrogens is 2. The summed E-state index contributed by atoms with van der Waals surface area (Å²) in [5, 5.41) is 23.0. The van der Waals surface area contributed by atoms with Crippen molar-refractivity contribution in [1.82, 2.24) is 15.5 Å². The first-order chi connectivity index (χ1) is 17.6. The van der Waals surface area contributed by atoms with Crippen LogP contribution in [0.15, 0.2) is 23.2 Å². The lowest BCUT2D eigenvalue weighted by Crippen LogP contribution is -2.33. The van der Waals surface area contributed by atoms with Crippen molar-refractivity contribution in [2.24, 2.45) is 10.9 Å². The van der Waals surface area contributed by atoms with E-state index in [4.69, 9.17) is 14.2 Å². The van der Waals surface area contributed by atoms with Gasteiger partial charge >= 0.3 is 6.09 Å². The first-order valence-electron chi connectivity index (χ1n) is 12.5. The Bertz CT molecular complexity index is 1100. The van der Waals surface area contributed by atoms with Crippen molar-refractivity contribution in [3.05, 3.63) is 29.5 Å². The molecule has 0 aliphatic heterocycles. The molecule has 202 valence electrons. The zero-order valence-corrected chi connectivity index (χ0v) is 22.0. The van der Waals surface area contributed by atoms with Gasteiger partial charge in [0.2, 0.25) is 0 Å². The molecule has 37 heavy (non-hydrogen) atoms. The summed E-state index contributed by atoms with van der Waals surface area (Å²) in [7, 11) is 1.48. The predicted octanol–water partition coefficient (Wildman–Crippen LogP) is 3.99. The van der Waals surface area contributed by atoms with E-state index in [1.165, 1.54) is 19.4 Å². The van der Waals surface area contributed by atoms with Gasteiger partial charge in [-0.15, -0.1) is 0 Å². The van der Waals surface area contributed by atoms with E-state index in [0.717, 1.165) is 18.5 Å². The van der Waals surface area contributed by atoms with Gasteiger partial charge in [0.15, 0.2) is 12.4 Å². The molecule has 1 aliphatic rings. The van der Waals surface area contributed by atoms with Crippen molar-refractivity contribution in [3.8, 4) is 17.2 Å². The van der Waals surface area contributed by atoms with Crippen molar-refractivity contribution in [2.75, 3.05) is 25.6 Å². The molecule has 1 aromatic heterocycles. The summed E-state index contributed by atoms with van der Waals surface area (Å²) in [4.78, 5) is 28.7. The number of phenolic OH excluding ortho intramolecular Hbond substituents is 1. The second kappa shape index (κ2) is 13.0. The number of methoxy groups -OCH3 is 1. The smallest absolute Gasteiger partial charge is 0.407 e. The topological polar surface area (TPSA) is 147 Å².